The Bertz CT molecular complexity index is 769. The van der Waals surface area contributed by atoms with Crippen molar-refractivity contribution in [3.8, 4) is 11.5 Å². The number of carbonyl (C=O) groups is 1. The van der Waals surface area contributed by atoms with E-state index in [1.807, 2.05) is 12.1 Å². The van der Waals surface area contributed by atoms with Crippen LogP contribution in [0.2, 0.25) is 10.0 Å². The predicted molar refractivity (Wildman–Crippen MR) is 98.4 cm³/mol. The van der Waals surface area contributed by atoms with Crippen LogP contribution in [0.4, 0.5) is 0 Å². The average molecular weight is 432 g/mol. The third-order valence-corrected chi connectivity index (χ3v) is 4.15. The normalized spacial score (nSPS) is 10.7. The minimum atomic E-state index is -0.434. The molecule has 0 bridgehead atoms. The lowest BCUT2D eigenvalue weighted by atomic mass is 10.2. The number of halogens is 3. The largest absolute Gasteiger partial charge is 0.496 e. The van der Waals surface area contributed by atoms with E-state index in [1.54, 1.807) is 31.4 Å². The van der Waals surface area contributed by atoms with Crippen LogP contribution in [-0.2, 0) is 4.79 Å². The average Bonchev–Trinajstić information content (AvgIpc) is 2.56. The summed E-state index contributed by atoms with van der Waals surface area (Å²) in [6.07, 6.45) is 1.48. The summed E-state index contributed by atoms with van der Waals surface area (Å²) in [5.41, 5.74) is 3.08. The van der Waals surface area contributed by atoms with Crippen LogP contribution in [0.3, 0.4) is 0 Å². The second-order valence-corrected chi connectivity index (χ2v) is 6.22. The molecule has 5 nitrogen and oxygen atoms in total. The SMILES string of the molecule is COc1ccc(Br)cc1/C=N\NC(=O)COc1cccc(Cl)c1Cl. The number of rotatable bonds is 6. The van der Waals surface area contributed by atoms with Gasteiger partial charge in [0.2, 0.25) is 0 Å². The van der Waals surface area contributed by atoms with E-state index in [0.29, 0.717) is 22.1 Å². The van der Waals surface area contributed by atoms with Crippen LogP contribution in [-0.4, -0.2) is 25.8 Å². The van der Waals surface area contributed by atoms with E-state index in [2.05, 4.69) is 26.5 Å². The lowest BCUT2D eigenvalue weighted by Crippen LogP contribution is -2.24. The maximum absolute atomic E-state index is 11.8. The smallest absolute Gasteiger partial charge is 0.277 e. The number of hydrogen-bond acceptors (Lipinski definition) is 4. The maximum atomic E-state index is 11.8. The van der Waals surface area contributed by atoms with Gasteiger partial charge in [-0.3, -0.25) is 4.79 Å². The van der Waals surface area contributed by atoms with Crippen molar-refractivity contribution in [2.75, 3.05) is 13.7 Å². The number of nitrogens with one attached hydrogen (secondary N) is 1. The van der Waals surface area contributed by atoms with E-state index >= 15 is 0 Å². The Morgan fingerprint density at radius 2 is 2.08 bits per heavy atom. The fourth-order valence-electron chi connectivity index (χ4n) is 1.75. The maximum Gasteiger partial charge on any atom is 0.277 e. The number of methoxy groups -OCH3 is 1. The van der Waals surface area contributed by atoms with Gasteiger partial charge in [-0.1, -0.05) is 45.2 Å². The van der Waals surface area contributed by atoms with E-state index in [4.69, 9.17) is 32.7 Å². The Morgan fingerprint density at radius 3 is 2.83 bits per heavy atom. The van der Waals surface area contributed by atoms with Crippen molar-refractivity contribution >= 4 is 51.3 Å². The minimum absolute atomic E-state index is 0.243. The molecule has 126 valence electrons. The summed E-state index contributed by atoms with van der Waals surface area (Å²) in [5, 5.41) is 4.49. The molecule has 0 fully saturated rings. The Kier molecular flexibility index (Phi) is 6.90. The number of carbonyl (C=O) groups excluding carboxylic acids is 1. The Morgan fingerprint density at radius 1 is 1.29 bits per heavy atom. The third-order valence-electron chi connectivity index (χ3n) is 2.86. The van der Waals surface area contributed by atoms with Crippen LogP contribution in [0.5, 0.6) is 11.5 Å². The zero-order valence-electron chi connectivity index (χ0n) is 12.6. The van der Waals surface area contributed by atoms with Crippen molar-refractivity contribution in [3.63, 3.8) is 0 Å². The Hall–Kier alpha value is -1.76. The standard InChI is InChI=1S/C16H13BrCl2N2O3/c1-23-13-6-5-11(17)7-10(13)8-20-21-15(22)9-24-14-4-2-3-12(18)16(14)19/h2-8H,9H2,1H3,(H,21,22)/b20-8-. The molecule has 2 aromatic carbocycles. The second kappa shape index (κ2) is 8.92. The van der Waals surface area contributed by atoms with Crippen LogP contribution in [0, 0.1) is 0 Å². The van der Waals surface area contributed by atoms with Crippen molar-refractivity contribution in [2.45, 2.75) is 0 Å². The summed E-state index contributed by atoms with van der Waals surface area (Å²) in [6, 6.07) is 10.4. The minimum Gasteiger partial charge on any atom is -0.496 e. The van der Waals surface area contributed by atoms with E-state index in [-0.39, 0.29) is 11.6 Å². The van der Waals surface area contributed by atoms with Crippen molar-refractivity contribution in [3.05, 3.63) is 56.5 Å². The summed E-state index contributed by atoms with van der Waals surface area (Å²) in [4.78, 5) is 11.8. The molecule has 0 saturated heterocycles. The van der Waals surface area contributed by atoms with Gasteiger partial charge in [0.05, 0.1) is 18.3 Å². The van der Waals surface area contributed by atoms with E-state index in [9.17, 15) is 4.79 Å². The fourth-order valence-corrected chi connectivity index (χ4v) is 2.48. The molecule has 1 N–H and O–H groups in total. The van der Waals surface area contributed by atoms with Gasteiger partial charge in [-0.2, -0.15) is 5.10 Å². The number of benzene rings is 2. The van der Waals surface area contributed by atoms with Gasteiger partial charge in [0.15, 0.2) is 6.61 Å². The van der Waals surface area contributed by atoms with Gasteiger partial charge in [-0.15, -0.1) is 0 Å². The van der Waals surface area contributed by atoms with Crippen molar-refractivity contribution in [1.82, 2.24) is 5.43 Å². The summed E-state index contributed by atoms with van der Waals surface area (Å²) >= 11 is 15.2. The summed E-state index contributed by atoms with van der Waals surface area (Å²) in [6.45, 7) is -0.243. The van der Waals surface area contributed by atoms with Gasteiger partial charge >= 0.3 is 0 Å². The highest BCUT2D eigenvalue weighted by molar-refractivity contribution is 9.10. The number of nitrogens with zero attached hydrogens (tertiary/aromatic N) is 1. The van der Waals surface area contributed by atoms with Gasteiger partial charge < -0.3 is 9.47 Å². The molecule has 0 atom stereocenters. The molecule has 2 aromatic rings. The Balaban J connectivity index is 1.91. The first kappa shape index (κ1) is 18.6. The highest BCUT2D eigenvalue weighted by Crippen LogP contribution is 2.31. The molecule has 0 aromatic heterocycles. The van der Waals surface area contributed by atoms with Crippen LogP contribution >= 0.6 is 39.1 Å². The summed E-state index contributed by atoms with van der Waals surface area (Å²) in [5.74, 6) is 0.534. The van der Waals surface area contributed by atoms with Crippen molar-refractivity contribution in [1.29, 1.82) is 0 Å². The van der Waals surface area contributed by atoms with Crippen LogP contribution in [0.15, 0.2) is 46.0 Å². The van der Waals surface area contributed by atoms with Crippen LogP contribution in [0.1, 0.15) is 5.56 Å². The molecule has 0 unspecified atom stereocenters. The molecule has 0 aliphatic rings. The monoisotopic (exact) mass is 430 g/mol. The lowest BCUT2D eigenvalue weighted by molar-refractivity contribution is -0.123. The highest BCUT2D eigenvalue weighted by atomic mass is 79.9. The second-order valence-electron chi connectivity index (χ2n) is 4.52. The zero-order chi connectivity index (χ0) is 17.5. The van der Waals surface area contributed by atoms with Gasteiger partial charge in [-0.05, 0) is 30.3 Å². The van der Waals surface area contributed by atoms with Gasteiger partial charge in [-0.25, -0.2) is 5.43 Å². The van der Waals surface area contributed by atoms with E-state index < -0.39 is 5.91 Å². The molecule has 0 aliphatic heterocycles. The van der Waals surface area contributed by atoms with Crippen LogP contribution < -0.4 is 14.9 Å². The third kappa shape index (κ3) is 5.12. The lowest BCUT2D eigenvalue weighted by Gasteiger charge is -2.08. The molecule has 2 rings (SSSR count). The zero-order valence-corrected chi connectivity index (χ0v) is 15.7. The summed E-state index contributed by atoms with van der Waals surface area (Å²) < 4.78 is 11.4. The van der Waals surface area contributed by atoms with Gasteiger partial charge in [0.1, 0.15) is 16.5 Å². The first-order valence-corrected chi connectivity index (χ1v) is 8.28. The molecule has 0 saturated carbocycles. The molecular formula is C16H13BrCl2N2O3. The molecule has 0 spiro atoms. The molecule has 1 amide bonds. The molecule has 0 radical (unpaired) electrons. The number of hydrazone groups is 1. The fraction of sp³-hybridized carbons (Fsp3) is 0.125. The van der Waals surface area contributed by atoms with E-state index in [0.717, 1.165) is 4.47 Å². The summed E-state index contributed by atoms with van der Waals surface area (Å²) in [7, 11) is 1.56. The number of ether oxygens (including phenoxy) is 2. The number of amides is 1. The first-order chi connectivity index (χ1) is 11.5. The van der Waals surface area contributed by atoms with Crippen molar-refractivity contribution < 1.29 is 14.3 Å². The van der Waals surface area contributed by atoms with Gasteiger partial charge in [0, 0.05) is 10.0 Å². The molecule has 0 heterocycles. The van der Waals surface area contributed by atoms with E-state index in [1.165, 1.54) is 6.21 Å². The first-order valence-electron chi connectivity index (χ1n) is 6.73. The molecular weight excluding hydrogens is 419 g/mol. The molecule has 24 heavy (non-hydrogen) atoms. The van der Waals surface area contributed by atoms with Gasteiger partial charge in [0.25, 0.3) is 5.91 Å². The quantitative estimate of drug-likeness (QED) is 0.548. The topological polar surface area (TPSA) is 59.9 Å². The Labute approximate surface area is 157 Å². The molecule has 8 heteroatoms. The molecule has 0 aliphatic carbocycles. The number of hydrogen-bond donors (Lipinski definition) is 1. The van der Waals surface area contributed by atoms with Crippen molar-refractivity contribution in [2.24, 2.45) is 5.10 Å². The predicted octanol–water partition coefficient (Wildman–Crippen LogP) is 4.29. The highest BCUT2D eigenvalue weighted by Gasteiger charge is 2.08. The van der Waals surface area contributed by atoms with Crippen LogP contribution in [0.25, 0.3) is 0 Å².